The van der Waals surface area contributed by atoms with Gasteiger partial charge in [0.25, 0.3) is 9.05 Å². The molecule has 0 aromatic carbocycles. The average Bonchev–Trinajstić information content (AvgIpc) is 3.00. The number of thiophene rings is 1. The summed E-state index contributed by atoms with van der Waals surface area (Å²) < 4.78 is 90.7. The molecule has 1 atom stereocenters. The Morgan fingerprint density at radius 2 is 1.77 bits per heavy atom. The summed E-state index contributed by atoms with van der Waals surface area (Å²) in [5.74, 6) is -0.609. The first-order chi connectivity index (χ1) is 9.81. The molecule has 0 saturated carbocycles. The number of hydrogen-bond acceptors (Lipinski definition) is 4. The van der Waals surface area contributed by atoms with Crippen LogP contribution in [0.25, 0.3) is 0 Å². The Kier molecular flexibility index (Phi) is 5.91. The molecule has 1 unspecified atom stereocenters. The maximum absolute atomic E-state index is 12.4. The summed E-state index contributed by atoms with van der Waals surface area (Å²) in [7, 11) is 0.0862. The molecule has 126 valence electrons. The predicted molar refractivity (Wildman–Crippen MR) is 74.5 cm³/mol. The Labute approximate surface area is 134 Å². The van der Waals surface area contributed by atoms with Crippen molar-refractivity contribution >= 4 is 42.8 Å². The van der Waals surface area contributed by atoms with E-state index < -0.39 is 36.8 Å². The zero-order valence-electron chi connectivity index (χ0n) is 10.3. The van der Waals surface area contributed by atoms with Crippen LogP contribution in [-0.2, 0) is 15.2 Å². The van der Waals surface area contributed by atoms with Gasteiger partial charge in [0.05, 0.1) is 0 Å². The lowest BCUT2D eigenvalue weighted by Crippen LogP contribution is -2.48. The minimum absolute atomic E-state index is 0.539. The maximum atomic E-state index is 12.4. The molecule has 0 radical (unpaired) electrons. The third-order valence-electron chi connectivity index (χ3n) is 2.45. The number of halogens is 7. The highest BCUT2D eigenvalue weighted by Gasteiger charge is 2.63. The molecule has 2 heterocycles. The molecule has 0 fully saturated rings. The maximum Gasteiger partial charge on any atom is 0.425 e. The van der Waals surface area contributed by atoms with Crippen molar-refractivity contribution in [1.29, 1.82) is 0 Å². The van der Waals surface area contributed by atoms with E-state index in [0.717, 1.165) is 23.2 Å². The van der Waals surface area contributed by atoms with Gasteiger partial charge in [-0.1, -0.05) is 6.07 Å². The van der Waals surface area contributed by atoms with Gasteiger partial charge in [0, 0.05) is 16.4 Å². The molecule has 0 amide bonds. The normalized spacial score (nSPS) is 22.3. The lowest BCUT2D eigenvalue weighted by molar-refractivity contribution is -0.143. The number of alkyl halides is 6. The fourth-order valence-corrected chi connectivity index (χ4v) is 4.99. The summed E-state index contributed by atoms with van der Waals surface area (Å²) in [6, 6.07) is 2.44. The zero-order chi connectivity index (χ0) is 17.2. The summed E-state index contributed by atoms with van der Waals surface area (Å²) in [6.45, 7) is 0. The quantitative estimate of drug-likeness (QED) is 0.494. The molecular formula is C10H7ClF6O2S3. The van der Waals surface area contributed by atoms with E-state index in [2.05, 4.69) is 0 Å². The van der Waals surface area contributed by atoms with Crippen molar-refractivity contribution < 1.29 is 34.8 Å². The lowest BCUT2D eigenvalue weighted by Gasteiger charge is -2.25. The SMILES string of the molecule is FC(F)(F)c1cccs1.O=S(=O)(Cl)C1(C(F)(F)F)C=CSC1. The Morgan fingerprint density at radius 1 is 1.18 bits per heavy atom. The second kappa shape index (κ2) is 6.62. The van der Waals surface area contributed by atoms with Gasteiger partial charge in [0.2, 0.25) is 4.75 Å². The first-order valence-corrected chi connectivity index (χ1v) is 9.46. The van der Waals surface area contributed by atoms with Crippen LogP contribution in [0.2, 0.25) is 0 Å². The van der Waals surface area contributed by atoms with Crippen LogP contribution in [0, 0.1) is 0 Å². The predicted octanol–water partition coefficient (Wildman–Crippen LogP) is 4.88. The molecule has 0 saturated heterocycles. The first-order valence-electron chi connectivity index (χ1n) is 5.22. The van der Waals surface area contributed by atoms with Gasteiger partial charge in [-0.05, 0) is 22.9 Å². The minimum Gasteiger partial charge on any atom is -0.211 e. The zero-order valence-corrected chi connectivity index (χ0v) is 13.5. The molecule has 0 aliphatic carbocycles. The molecule has 12 heteroatoms. The average molecular weight is 405 g/mol. The molecule has 2 nitrogen and oxygen atoms in total. The molecule has 0 N–H and O–H groups in total. The monoisotopic (exact) mass is 404 g/mol. The van der Waals surface area contributed by atoms with Crippen molar-refractivity contribution in [2.24, 2.45) is 0 Å². The van der Waals surface area contributed by atoms with E-state index in [4.69, 9.17) is 10.7 Å². The summed E-state index contributed by atoms with van der Waals surface area (Å²) in [5, 5.41) is 2.50. The second-order valence-electron chi connectivity index (χ2n) is 3.91. The van der Waals surface area contributed by atoms with Crippen molar-refractivity contribution in [3.63, 3.8) is 0 Å². The van der Waals surface area contributed by atoms with E-state index in [1.807, 2.05) is 0 Å². The standard InChI is InChI=1S/C5H4ClF3O2S2.C5H3F3S/c6-13(10,11)4(5(7,8)9)1-2-12-3-4;6-5(7,8)4-2-1-3-9-4/h1-2H,3H2;1-3H. The van der Waals surface area contributed by atoms with E-state index >= 15 is 0 Å². The van der Waals surface area contributed by atoms with Gasteiger partial charge in [-0.15, -0.1) is 23.1 Å². The number of rotatable bonds is 1. The molecule has 2 rings (SSSR count). The van der Waals surface area contributed by atoms with Crippen molar-refractivity contribution in [2.45, 2.75) is 17.1 Å². The molecule has 1 aromatic rings. The number of hydrogen-bond donors (Lipinski definition) is 0. The van der Waals surface area contributed by atoms with Crippen LogP contribution >= 0.6 is 33.8 Å². The molecule has 1 aliphatic rings. The highest BCUT2D eigenvalue weighted by molar-refractivity contribution is 8.16. The van der Waals surface area contributed by atoms with Crippen LogP contribution in [0.5, 0.6) is 0 Å². The van der Waals surface area contributed by atoms with E-state index in [1.54, 1.807) is 0 Å². The van der Waals surface area contributed by atoms with Gasteiger partial charge in [-0.3, -0.25) is 0 Å². The van der Waals surface area contributed by atoms with Crippen molar-refractivity contribution in [1.82, 2.24) is 0 Å². The summed E-state index contributed by atoms with van der Waals surface area (Å²) in [4.78, 5) is -0.539. The van der Waals surface area contributed by atoms with Crippen LogP contribution in [0.15, 0.2) is 29.0 Å². The van der Waals surface area contributed by atoms with E-state index in [9.17, 15) is 34.8 Å². The Bertz CT molecular complexity index is 620. The largest absolute Gasteiger partial charge is 0.425 e. The Morgan fingerprint density at radius 3 is 1.95 bits per heavy atom. The Hall–Kier alpha value is -0.390. The summed E-state index contributed by atoms with van der Waals surface area (Å²) >= 11 is 1.48. The van der Waals surface area contributed by atoms with Crippen LogP contribution in [-0.4, -0.2) is 25.1 Å². The van der Waals surface area contributed by atoms with Crippen molar-refractivity contribution in [2.75, 3.05) is 5.75 Å². The van der Waals surface area contributed by atoms with Gasteiger partial charge < -0.3 is 0 Å². The van der Waals surface area contributed by atoms with Crippen LogP contribution < -0.4 is 0 Å². The smallest absolute Gasteiger partial charge is 0.211 e. The third kappa shape index (κ3) is 4.33. The van der Waals surface area contributed by atoms with E-state index in [0.29, 0.717) is 17.4 Å². The third-order valence-corrected chi connectivity index (χ3v) is 6.70. The molecule has 1 aromatic heterocycles. The van der Waals surface area contributed by atoms with Crippen molar-refractivity contribution in [3.8, 4) is 0 Å². The molecule has 1 aliphatic heterocycles. The first kappa shape index (κ1) is 19.7. The second-order valence-corrected chi connectivity index (χ2v) is 8.58. The summed E-state index contributed by atoms with van der Waals surface area (Å²) in [6.07, 6.45) is -8.44. The van der Waals surface area contributed by atoms with Crippen LogP contribution in [0.3, 0.4) is 0 Å². The highest BCUT2D eigenvalue weighted by Crippen LogP contribution is 2.46. The van der Waals surface area contributed by atoms with Crippen LogP contribution in [0.4, 0.5) is 26.3 Å². The van der Waals surface area contributed by atoms with Gasteiger partial charge in [0.15, 0.2) is 0 Å². The molecule has 0 bridgehead atoms. The molecule has 22 heavy (non-hydrogen) atoms. The fraction of sp³-hybridized carbons (Fsp3) is 0.400. The van der Waals surface area contributed by atoms with Crippen LogP contribution in [0.1, 0.15) is 4.88 Å². The van der Waals surface area contributed by atoms with Gasteiger partial charge in [-0.2, -0.15) is 26.3 Å². The Balaban J connectivity index is 0.000000235. The van der Waals surface area contributed by atoms with E-state index in [1.165, 1.54) is 11.4 Å². The highest BCUT2D eigenvalue weighted by atomic mass is 35.7. The topological polar surface area (TPSA) is 34.1 Å². The van der Waals surface area contributed by atoms with Crippen molar-refractivity contribution in [3.05, 3.63) is 33.9 Å². The van der Waals surface area contributed by atoms with Gasteiger partial charge in [0.1, 0.15) is 4.88 Å². The lowest BCUT2D eigenvalue weighted by atomic mass is 10.1. The van der Waals surface area contributed by atoms with Gasteiger partial charge in [-0.25, -0.2) is 8.42 Å². The number of thioether (sulfide) groups is 1. The molecular weight excluding hydrogens is 398 g/mol. The summed E-state index contributed by atoms with van der Waals surface area (Å²) in [5.41, 5.74) is 0. The van der Waals surface area contributed by atoms with Gasteiger partial charge >= 0.3 is 12.4 Å². The molecule has 0 spiro atoms. The fourth-order valence-electron chi connectivity index (χ4n) is 1.28. The van der Waals surface area contributed by atoms with E-state index in [-0.39, 0.29) is 0 Å². The minimum atomic E-state index is -4.87.